The van der Waals surface area contributed by atoms with Gasteiger partial charge >= 0.3 is 0 Å². The van der Waals surface area contributed by atoms with Crippen LogP contribution in [0, 0.1) is 0 Å². The molecule has 0 saturated carbocycles. The highest BCUT2D eigenvalue weighted by Crippen LogP contribution is 2.20. The van der Waals surface area contributed by atoms with Crippen LogP contribution in [-0.2, 0) is 10.0 Å². The molecular weight excluding hydrogens is 332 g/mol. The Morgan fingerprint density at radius 3 is 2.84 bits per heavy atom. The average molecular weight is 347 g/mol. The van der Waals surface area contributed by atoms with Gasteiger partial charge in [0, 0.05) is 26.0 Å². The van der Waals surface area contributed by atoms with Crippen LogP contribution in [0.5, 0.6) is 0 Å². The molecule has 0 fully saturated rings. The highest BCUT2D eigenvalue weighted by molar-refractivity contribution is 9.10. The van der Waals surface area contributed by atoms with Crippen molar-refractivity contribution < 1.29 is 8.42 Å². The second kappa shape index (κ2) is 5.56. The van der Waals surface area contributed by atoms with Crippen LogP contribution in [-0.4, -0.2) is 40.9 Å². The molecule has 0 radical (unpaired) electrons. The summed E-state index contributed by atoms with van der Waals surface area (Å²) >= 11 is 3.27. The Morgan fingerprint density at radius 2 is 2.16 bits per heavy atom. The first-order chi connectivity index (χ1) is 8.96. The van der Waals surface area contributed by atoms with Crippen molar-refractivity contribution in [3.8, 4) is 0 Å². The first kappa shape index (κ1) is 14.4. The van der Waals surface area contributed by atoms with Gasteiger partial charge in [-0.2, -0.15) is 5.10 Å². The van der Waals surface area contributed by atoms with Crippen molar-refractivity contribution in [2.75, 3.05) is 13.6 Å². The van der Waals surface area contributed by atoms with Gasteiger partial charge in [-0.3, -0.25) is 0 Å². The summed E-state index contributed by atoms with van der Waals surface area (Å²) in [6.07, 6.45) is 6.34. The van der Waals surface area contributed by atoms with Crippen LogP contribution in [0.3, 0.4) is 0 Å². The molecule has 0 spiro atoms. The normalized spacial score (nSPS) is 12.4. The van der Waals surface area contributed by atoms with Crippen LogP contribution in [0.1, 0.15) is 19.8 Å². The van der Waals surface area contributed by atoms with Gasteiger partial charge in [-0.05, 0) is 22.4 Å². The quantitative estimate of drug-likeness (QED) is 0.829. The molecule has 8 heteroatoms. The van der Waals surface area contributed by atoms with Gasteiger partial charge in [0.25, 0.3) is 0 Å². The fourth-order valence-electron chi connectivity index (χ4n) is 1.68. The van der Waals surface area contributed by atoms with Gasteiger partial charge in [-0.15, -0.1) is 0 Å². The Labute approximate surface area is 120 Å². The third-order valence-electron chi connectivity index (χ3n) is 2.81. The van der Waals surface area contributed by atoms with E-state index in [1.165, 1.54) is 15.0 Å². The lowest BCUT2D eigenvalue weighted by atomic mass is 10.3. The van der Waals surface area contributed by atoms with Crippen molar-refractivity contribution in [1.82, 2.24) is 18.9 Å². The third kappa shape index (κ3) is 2.80. The Balaban J connectivity index is 2.43. The van der Waals surface area contributed by atoms with Crippen molar-refractivity contribution in [2.45, 2.75) is 24.7 Å². The Morgan fingerprint density at radius 1 is 1.42 bits per heavy atom. The number of hydrogen-bond donors (Lipinski definition) is 0. The molecule has 0 aliphatic heterocycles. The minimum Gasteiger partial charge on any atom is -0.235 e. The summed E-state index contributed by atoms with van der Waals surface area (Å²) in [5, 5.41) is 4.03. The molecule has 0 atom stereocenters. The summed E-state index contributed by atoms with van der Waals surface area (Å²) < 4.78 is 28.4. The molecule has 2 aromatic rings. The molecule has 104 valence electrons. The SMILES string of the molecule is CCCCN(C)S(=O)(=O)c1cnn2cc(Br)cnc12. The van der Waals surface area contributed by atoms with Crippen molar-refractivity contribution in [1.29, 1.82) is 0 Å². The zero-order valence-corrected chi connectivity index (χ0v) is 13.1. The van der Waals surface area contributed by atoms with E-state index in [0.29, 0.717) is 12.2 Å². The average Bonchev–Trinajstić information content (AvgIpc) is 2.79. The van der Waals surface area contributed by atoms with Gasteiger partial charge < -0.3 is 0 Å². The fourth-order valence-corrected chi connectivity index (χ4v) is 3.24. The van der Waals surface area contributed by atoms with Crippen LogP contribution in [0.2, 0.25) is 0 Å². The van der Waals surface area contributed by atoms with E-state index in [1.807, 2.05) is 6.92 Å². The second-order valence-electron chi connectivity index (χ2n) is 4.23. The highest BCUT2D eigenvalue weighted by Gasteiger charge is 2.25. The molecule has 2 aromatic heterocycles. The molecule has 0 aromatic carbocycles. The standard InChI is InChI=1S/C11H15BrN4O2S/c1-3-4-5-15(2)19(17,18)10-7-14-16-8-9(12)6-13-11(10)16/h6-8H,3-5H2,1-2H3. The lowest BCUT2D eigenvalue weighted by Crippen LogP contribution is -2.27. The molecule has 6 nitrogen and oxygen atoms in total. The number of aromatic nitrogens is 3. The third-order valence-corrected chi connectivity index (χ3v) is 5.06. The van der Waals surface area contributed by atoms with Crippen LogP contribution < -0.4 is 0 Å². The van der Waals surface area contributed by atoms with Gasteiger partial charge in [0.1, 0.15) is 4.90 Å². The lowest BCUT2D eigenvalue weighted by molar-refractivity contribution is 0.460. The molecule has 19 heavy (non-hydrogen) atoms. The second-order valence-corrected chi connectivity index (χ2v) is 7.16. The van der Waals surface area contributed by atoms with E-state index >= 15 is 0 Å². The van der Waals surface area contributed by atoms with Crippen molar-refractivity contribution in [2.24, 2.45) is 0 Å². The maximum atomic E-state index is 12.4. The number of halogens is 1. The highest BCUT2D eigenvalue weighted by atomic mass is 79.9. The molecule has 0 aliphatic rings. The fraction of sp³-hybridized carbons (Fsp3) is 0.455. The van der Waals surface area contributed by atoms with E-state index < -0.39 is 10.0 Å². The minimum atomic E-state index is -3.54. The van der Waals surface area contributed by atoms with Gasteiger partial charge in [0.2, 0.25) is 10.0 Å². The molecule has 2 rings (SSSR count). The van der Waals surface area contributed by atoms with Crippen molar-refractivity contribution in [3.05, 3.63) is 23.1 Å². The zero-order valence-electron chi connectivity index (χ0n) is 10.7. The van der Waals surface area contributed by atoms with E-state index in [-0.39, 0.29) is 4.90 Å². The number of fused-ring (bicyclic) bond motifs is 1. The Bertz CT molecular complexity index is 683. The number of nitrogens with zero attached hydrogens (tertiary/aromatic N) is 4. The summed E-state index contributed by atoms with van der Waals surface area (Å²) in [4.78, 5) is 4.26. The van der Waals surface area contributed by atoms with Crippen LogP contribution in [0.25, 0.3) is 5.65 Å². The molecule has 0 saturated heterocycles. The van der Waals surface area contributed by atoms with Gasteiger partial charge in [0.15, 0.2) is 5.65 Å². The molecule has 0 amide bonds. The molecule has 2 heterocycles. The van der Waals surface area contributed by atoms with Crippen molar-refractivity contribution >= 4 is 31.6 Å². The van der Waals surface area contributed by atoms with Crippen LogP contribution in [0.4, 0.5) is 0 Å². The van der Waals surface area contributed by atoms with Crippen LogP contribution in [0.15, 0.2) is 28.0 Å². The minimum absolute atomic E-state index is 0.138. The lowest BCUT2D eigenvalue weighted by Gasteiger charge is -2.15. The van der Waals surface area contributed by atoms with E-state index in [1.54, 1.807) is 19.4 Å². The van der Waals surface area contributed by atoms with E-state index in [9.17, 15) is 8.42 Å². The molecule has 0 aliphatic carbocycles. The van der Waals surface area contributed by atoms with E-state index in [4.69, 9.17) is 0 Å². The number of sulfonamides is 1. The summed E-state index contributed by atoms with van der Waals surface area (Å²) in [6.45, 7) is 2.52. The molecule has 0 N–H and O–H groups in total. The van der Waals surface area contributed by atoms with Gasteiger partial charge in [-0.1, -0.05) is 13.3 Å². The molecule has 0 unspecified atom stereocenters. The monoisotopic (exact) mass is 346 g/mol. The van der Waals surface area contributed by atoms with Crippen LogP contribution >= 0.6 is 15.9 Å². The largest absolute Gasteiger partial charge is 0.248 e. The molecule has 0 bridgehead atoms. The van der Waals surface area contributed by atoms with E-state index in [2.05, 4.69) is 26.0 Å². The molecular formula is C11H15BrN4O2S. The summed E-state index contributed by atoms with van der Waals surface area (Å²) in [6, 6.07) is 0. The van der Waals surface area contributed by atoms with Gasteiger partial charge in [0.05, 0.1) is 10.7 Å². The van der Waals surface area contributed by atoms with E-state index in [0.717, 1.165) is 17.3 Å². The number of rotatable bonds is 5. The van der Waals surface area contributed by atoms with Gasteiger partial charge in [-0.25, -0.2) is 22.2 Å². The maximum Gasteiger partial charge on any atom is 0.248 e. The van der Waals surface area contributed by atoms with Crippen molar-refractivity contribution in [3.63, 3.8) is 0 Å². The number of hydrogen-bond acceptors (Lipinski definition) is 4. The Kier molecular flexibility index (Phi) is 4.22. The predicted molar refractivity (Wildman–Crippen MR) is 75.4 cm³/mol. The first-order valence-corrected chi connectivity index (χ1v) is 8.15. The maximum absolute atomic E-state index is 12.4. The topological polar surface area (TPSA) is 67.6 Å². The summed E-state index contributed by atoms with van der Waals surface area (Å²) in [5.74, 6) is 0. The first-order valence-electron chi connectivity index (χ1n) is 5.92. The predicted octanol–water partition coefficient (Wildman–Crippen LogP) is 1.91. The zero-order chi connectivity index (χ0) is 14.0. The Hall–Kier alpha value is -0.990. The summed E-state index contributed by atoms with van der Waals surface area (Å²) in [5.41, 5.74) is 0.339. The number of unbranched alkanes of at least 4 members (excludes halogenated alkanes) is 1. The summed E-state index contributed by atoms with van der Waals surface area (Å²) in [7, 11) is -1.96. The smallest absolute Gasteiger partial charge is 0.235 e.